The van der Waals surface area contributed by atoms with Crippen molar-refractivity contribution >= 4 is 5.69 Å². The average molecular weight is 290 g/mol. The molecule has 0 atom stereocenters. The van der Waals surface area contributed by atoms with Crippen molar-refractivity contribution in [3.63, 3.8) is 0 Å². The molecule has 2 N–H and O–H groups in total. The third-order valence-electron chi connectivity index (χ3n) is 4.12. The van der Waals surface area contributed by atoms with Crippen molar-refractivity contribution in [2.24, 2.45) is 0 Å². The molecule has 1 aromatic rings. The fourth-order valence-corrected chi connectivity index (χ4v) is 2.85. The van der Waals surface area contributed by atoms with Crippen LogP contribution in [-0.4, -0.2) is 25.7 Å². The van der Waals surface area contributed by atoms with Crippen molar-refractivity contribution < 1.29 is 4.74 Å². The molecule has 0 spiro atoms. The van der Waals surface area contributed by atoms with Crippen LogP contribution in [0.2, 0.25) is 0 Å². The molecule has 0 bridgehead atoms. The average Bonchev–Trinajstić information content (AvgIpc) is 2.54. The molecule has 0 saturated heterocycles. The Balaban J connectivity index is 1.69. The normalized spacial score (nSPS) is 15.9. The molecule has 0 heterocycles. The molecule has 1 aliphatic rings. The van der Waals surface area contributed by atoms with Gasteiger partial charge in [-0.2, -0.15) is 0 Å². The molecule has 2 rings (SSSR count). The molecule has 1 aromatic carbocycles. The summed E-state index contributed by atoms with van der Waals surface area (Å²) in [6, 6.07) is 8.97. The van der Waals surface area contributed by atoms with E-state index >= 15 is 0 Å². The Morgan fingerprint density at radius 3 is 2.71 bits per heavy atom. The molecule has 1 aliphatic carbocycles. The van der Waals surface area contributed by atoms with E-state index in [-0.39, 0.29) is 0 Å². The summed E-state index contributed by atoms with van der Waals surface area (Å²) in [6.07, 6.45) is 9.16. The molecule has 3 heteroatoms. The van der Waals surface area contributed by atoms with Crippen LogP contribution in [0.5, 0.6) is 5.75 Å². The Morgan fingerprint density at radius 2 is 1.90 bits per heavy atom. The van der Waals surface area contributed by atoms with Crippen molar-refractivity contribution in [2.75, 3.05) is 25.0 Å². The molecule has 0 aliphatic heterocycles. The minimum Gasteiger partial charge on any atom is -0.491 e. The van der Waals surface area contributed by atoms with Crippen LogP contribution in [0.4, 0.5) is 5.69 Å². The Kier molecular flexibility index (Phi) is 7.44. The Bertz CT molecular complexity index is 389. The van der Waals surface area contributed by atoms with E-state index in [1.807, 2.05) is 12.1 Å². The lowest BCUT2D eigenvalue weighted by molar-refractivity contribution is 0.310. The summed E-state index contributed by atoms with van der Waals surface area (Å²) in [5, 5.41) is 7.15. The van der Waals surface area contributed by atoms with Gasteiger partial charge in [0.05, 0.1) is 12.3 Å². The van der Waals surface area contributed by atoms with Crippen molar-refractivity contribution in [3.8, 4) is 5.75 Å². The lowest BCUT2D eigenvalue weighted by Crippen LogP contribution is -2.34. The highest BCUT2D eigenvalue weighted by molar-refractivity contribution is 5.56. The molecule has 0 radical (unpaired) electrons. The Hall–Kier alpha value is -1.22. The van der Waals surface area contributed by atoms with E-state index in [0.29, 0.717) is 0 Å². The predicted octanol–water partition coefficient (Wildman–Crippen LogP) is 4.20. The number of para-hydroxylation sites is 2. The summed E-state index contributed by atoms with van der Waals surface area (Å²) in [4.78, 5) is 0. The van der Waals surface area contributed by atoms with Gasteiger partial charge in [-0.1, -0.05) is 44.7 Å². The van der Waals surface area contributed by atoms with Gasteiger partial charge in [0, 0.05) is 19.1 Å². The second-order valence-electron chi connectivity index (χ2n) is 5.91. The molecule has 0 unspecified atom stereocenters. The lowest BCUT2D eigenvalue weighted by Gasteiger charge is -2.23. The largest absolute Gasteiger partial charge is 0.491 e. The number of anilines is 1. The smallest absolute Gasteiger partial charge is 0.142 e. The van der Waals surface area contributed by atoms with Gasteiger partial charge in [-0.05, 0) is 31.4 Å². The number of nitrogens with one attached hydrogen (secondary N) is 2. The molecule has 0 amide bonds. The summed E-state index contributed by atoms with van der Waals surface area (Å²) < 4.78 is 5.84. The molecule has 3 nitrogen and oxygen atoms in total. The zero-order chi connectivity index (χ0) is 14.8. The fourth-order valence-electron chi connectivity index (χ4n) is 2.85. The summed E-state index contributed by atoms with van der Waals surface area (Å²) in [7, 11) is 0. The van der Waals surface area contributed by atoms with Gasteiger partial charge in [0.25, 0.3) is 0 Å². The monoisotopic (exact) mass is 290 g/mol. The number of rotatable bonds is 9. The summed E-state index contributed by atoms with van der Waals surface area (Å²) >= 11 is 0. The third-order valence-corrected chi connectivity index (χ3v) is 4.12. The second kappa shape index (κ2) is 9.67. The first-order valence-corrected chi connectivity index (χ1v) is 8.59. The Labute approximate surface area is 129 Å². The highest BCUT2D eigenvalue weighted by atomic mass is 16.5. The molecule has 1 saturated carbocycles. The van der Waals surface area contributed by atoms with Gasteiger partial charge in [0.15, 0.2) is 0 Å². The molecule has 1 fully saturated rings. The van der Waals surface area contributed by atoms with Gasteiger partial charge in [-0.3, -0.25) is 0 Å². The van der Waals surface area contributed by atoms with E-state index in [1.54, 1.807) is 0 Å². The maximum absolute atomic E-state index is 5.84. The summed E-state index contributed by atoms with van der Waals surface area (Å²) in [5.74, 6) is 0.976. The number of ether oxygens (including phenoxy) is 1. The maximum atomic E-state index is 5.84. The van der Waals surface area contributed by atoms with Gasteiger partial charge >= 0.3 is 0 Å². The zero-order valence-corrected chi connectivity index (χ0v) is 13.4. The van der Waals surface area contributed by atoms with Gasteiger partial charge in [-0.15, -0.1) is 0 Å². The first-order chi connectivity index (χ1) is 10.4. The van der Waals surface area contributed by atoms with E-state index in [2.05, 4.69) is 29.7 Å². The van der Waals surface area contributed by atoms with E-state index in [9.17, 15) is 0 Å². The highest BCUT2D eigenvalue weighted by Gasteiger charge is 2.11. The van der Waals surface area contributed by atoms with E-state index in [0.717, 1.165) is 43.6 Å². The Morgan fingerprint density at radius 1 is 1.10 bits per heavy atom. The molecule has 21 heavy (non-hydrogen) atoms. The van der Waals surface area contributed by atoms with Crippen LogP contribution in [0.1, 0.15) is 51.9 Å². The van der Waals surface area contributed by atoms with Crippen molar-refractivity contribution in [2.45, 2.75) is 57.9 Å². The predicted molar refractivity (Wildman–Crippen MR) is 90.2 cm³/mol. The van der Waals surface area contributed by atoms with Gasteiger partial charge in [0.2, 0.25) is 0 Å². The highest BCUT2D eigenvalue weighted by Crippen LogP contribution is 2.23. The quantitative estimate of drug-likeness (QED) is 0.669. The van der Waals surface area contributed by atoms with Crippen molar-refractivity contribution in [1.82, 2.24) is 5.32 Å². The summed E-state index contributed by atoms with van der Waals surface area (Å²) in [6.45, 7) is 4.96. The van der Waals surface area contributed by atoms with Crippen LogP contribution in [0, 0.1) is 0 Å². The molecule has 118 valence electrons. The molecular weight excluding hydrogens is 260 g/mol. The first kappa shape index (κ1) is 16.2. The fraction of sp³-hybridized carbons (Fsp3) is 0.667. The number of hydrogen-bond acceptors (Lipinski definition) is 3. The van der Waals surface area contributed by atoms with Crippen LogP contribution in [0.3, 0.4) is 0 Å². The van der Waals surface area contributed by atoms with Gasteiger partial charge in [-0.25, -0.2) is 0 Å². The van der Waals surface area contributed by atoms with Crippen LogP contribution in [-0.2, 0) is 0 Å². The van der Waals surface area contributed by atoms with Crippen LogP contribution in [0.15, 0.2) is 24.3 Å². The minimum atomic E-state index is 0.733. The summed E-state index contributed by atoms with van der Waals surface area (Å²) in [5.41, 5.74) is 1.11. The SMILES string of the molecule is CCCCOc1ccccc1NCCNC1CCCCC1. The lowest BCUT2D eigenvalue weighted by atomic mass is 9.95. The van der Waals surface area contributed by atoms with Crippen LogP contribution >= 0.6 is 0 Å². The second-order valence-corrected chi connectivity index (χ2v) is 5.91. The first-order valence-electron chi connectivity index (χ1n) is 8.59. The van der Waals surface area contributed by atoms with Gasteiger partial charge in [0.1, 0.15) is 5.75 Å². The number of hydrogen-bond donors (Lipinski definition) is 2. The van der Waals surface area contributed by atoms with Crippen molar-refractivity contribution in [3.05, 3.63) is 24.3 Å². The van der Waals surface area contributed by atoms with E-state index in [1.165, 1.54) is 38.5 Å². The van der Waals surface area contributed by atoms with Crippen LogP contribution < -0.4 is 15.4 Å². The number of unbranched alkanes of at least 4 members (excludes halogenated alkanes) is 1. The topological polar surface area (TPSA) is 33.3 Å². The van der Waals surface area contributed by atoms with E-state index in [4.69, 9.17) is 4.74 Å². The minimum absolute atomic E-state index is 0.733. The third kappa shape index (κ3) is 5.96. The zero-order valence-electron chi connectivity index (χ0n) is 13.4. The van der Waals surface area contributed by atoms with E-state index < -0.39 is 0 Å². The van der Waals surface area contributed by atoms with Crippen LogP contribution in [0.25, 0.3) is 0 Å². The maximum Gasteiger partial charge on any atom is 0.142 e. The molecule has 0 aromatic heterocycles. The number of benzene rings is 1. The van der Waals surface area contributed by atoms with Gasteiger partial charge < -0.3 is 15.4 Å². The molecular formula is C18H30N2O. The standard InChI is InChI=1S/C18H30N2O/c1-2-3-15-21-18-12-8-7-11-17(18)20-14-13-19-16-9-5-4-6-10-16/h7-8,11-12,16,19-20H,2-6,9-10,13-15H2,1H3. The van der Waals surface area contributed by atoms with Crippen molar-refractivity contribution in [1.29, 1.82) is 0 Å².